The van der Waals surface area contributed by atoms with Crippen LogP contribution in [0, 0.1) is 24.0 Å². The zero-order valence-corrected chi connectivity index (χ0v) is 19.0. The number of benzene rings is 1. The number of nitro groups is 1. The van der Waals surface area contributed by atoms with Gasteiger partial charge in [-0.25, -0.2) is 4.98 Å². The highest BCUT2D eigenvalue weighted by atomic mass is 79.9. The van der Waals surface area contributed by atoms with Crippen LogP contribution >= 0.6 is 39.0 Å². The van der Waals surface area contributed by atoms with E-state index in [1.165, 1.54) is 41.3 Å². The zero-order valence-electron chi connectivity index (χ0n) is 15.8. The molecule has 0 saturated carbocycles. The summed E-state index contributed by atoms with van der Waals surface area (Å²) in [5.41, 5.74) is 1.21. The van der Waals surface area contributed by atoms with Crippen LogP contribution in [0.15, 0.2) is 32.6 Å². The van der Waals surface area contributed by atoms with Crippen molar-refractivity contribution in [2.24, 2.45) is 0 Å². The Kier molecular flexibility index (Phi) is 6.39. The molecular weight excluding hydrogens is 480 g/mol. The Morgan fingerprint density at radius 1 is 1.41 bits per heavy atom. The maximum Gasteiger partial charge on any atom is 0.270 e. The summed E-state index contributed by atoms with van der Waals surface area (Å²) in [6.07, 6.45) is 0. The third-order valence-electron chi connectivity index (χ3n) is 4.34. The lowest BCUT2D eigenvalue weighted by Crippen LogP contribution is -2.23. The Hall–Kier alpha value is -2.24. The Bertz CT molecular complexity index is 1190. The third-order valence-corrected chi connectivity index (χ3v) is 7.07. The van der Waals surface area contributed by atoms with Gasteiger partial charge in [0, 0.05) is 28.0 Å². The molecule has 11 heteroatoms. The van der Waals surface area contributed by atoms with Crippen LogP contribution in [-0.2, 0) is 11.3 Å². The fourth-order valence-corrected chi connectivity index (χ4v) is 5.13. The number of thioether (sulfide) groups is 1. The largest absolute Gasteiger partial charge is 0.324 e. The number of halogens is 1. The summed E-state index contributed by atoms with van der Waals surface area (Å²) in [7, 11) is 0. The van der Waals surface area contributed by atoms with E-state index in [9.17, 15) is 19.7 Å². The van der Waals surface area contributed by atoms with Gasteiger partial charge in [0.15, 0.2) is 5.16 Å². The number of hydrogen-bond acceptors (Lipinski definition) is 7. The van der Waals surface area contributed by atoms with Gasteiger partial charge in [0.25, 0.3) is 11.2 Å². The number of aromatic nitrogens is 2. The molecule has 29 heavy (non-hydrogen) atoms. The van der Waals surface area contributed by atoms with E-state index in [2.05, 4.69) is 26.2 Å². The summed E-state index contributed by atoms with van der Waals surface area (Å²) < 4.78 is 1.99. The smallest absolute Gasteiger partial charge is 0.270 e. The van der Waals surface area contributed by atoms with E-state index in [0.717, 1.165) is 10.4 Å². The molecule has 1 amide bonds. The van der Waals surface area contributed by atoms with Gasteiger partial charge < -0.3 is 5.32 Å². The molecule has 1 aromatic carbocycles. The number of fused-ring (bicyclic) bond motifs is 1. The molecule has 152 valence electrons. The van der Waals surface area contributed by atoms with Gasteiger partial charge in [0.2, 0.25) is 5.91 Å². The van der Waals surface area contributed by atoms with Crippen LogP contribution in [0.1, 0.15) is 17.4 Å². The zero-order chi connectivity index (χ0) is 21.3. The summed E-state index contributed by atoms with van der Waals surface area (Å²) >= 11 is 5.88. The number of rotatable bonds is 6. The predicted octanol–water partition coefficient (Wildman–Crippen LogP) is 4.50. The monoisotopic (exact) mass is 496 g/mol. The van der Waals surface area contributed by atoms with Crippen molar-refractivity contribution in [2.45, 2.75) is 32.5 Å². The number of amides is 1. The molecule has 0 aliphatic heterocycles. The summed E-state index contributed by atoms with van der Waals surface area (Å²) in [5, 5.41) is 14.6. The lowest BCUT2D eigenvalue weighted by Gasteiger charge is -2.11. The van der Waals surface area contributed by atoms with Crippen LogP contribution in [0.25, 0.3) is 10.2 Å². The molecule has 0 unspecified atom stereocenters. The van der Waals surface area contributed by atoms with Crippen molar-refractivity contribution in [1.82, 2.24) is 9.55 Å². The topological polar surface area (TPSA) is 107 Å². The number of anilines is 1. The van der Waals surface area contributed by atoms with E-state index in [1.54, 1.807) is 4.57 Å². The molecule has 0 aliphatic carbocycles. The van der Waals surface area contributed by atoms with Crippen molar-refractivity contribution in [3.8, 4) is 0 Å². The number of aryl methyl sites for hydroxylation is 2. The SMILES string of the molecule is CCn1c(SCC(=O)Nc2ccc([N+](=O)[O-])cc2Br)nc2sc(C)c(C)c2c1=O. The molecule has 2 aromatic heterocycles. The Balaban J connectivity index is 1.79. The van der Waals surface area contributed by atoms with Crippen molar-refractivity contribution < 1.29 is 9.72 Å². The van der Waals surface area contributed by atoms with Gasteiger partial charge in [-0.2, -0.15) is 0 Å². The summed E-state index contributed by atoms with van der Waals surface area (Å²) in [6, 6.07) is 4.11. The van der Waals surface area contributed by atoms with Crippen LogP contribution in [0.2, 0.25) is 0 Å². The van der Waals surface area contributed by atoms with Gasteiger partial charge in [-0.15, -0.1) is 11.3 Å². The number of thiophene rings is 1. The highest BCUT2D eigenvalue weighted by Crippen LogP contribution is 2.29. The molecule has 0 bridgehead atoms. The van der Waals surface area contributed by atoms with E-state index < -0.39 is 4.92 Å². The Morgan fingerprint density at radius 3 is 2.76 bits per heavy atom. The Labute approximate surface area is 182 Å². The van der Waals surface area contributed by atoms with Crippen molar-refractivity contribution in [3.63, 3.8) is 0 Å². The molecule has 0 saturated heterocycles. The van der Waals surface area contributed by atoms with Gasteiger partial charge in [-0.05, 0) is 48.3 Å². The molecule has 3 aromatic rings. The van der Waals surface area contributed by atoms with Gasteiger partial charge >= 0.3 is 0 Å². The van der Waals surface area contributed by atoms with Crippen LogP contribution in [0.4, 0.5) is 11.4 Å². The quantitative estimate of drug-likeness (QED) is 0.233. The lowest BCUT2D eigenvalue weighted by atomic mass is 10.2. The first kappa shape index (κ1) is 21.5. The molecule has 2 heterocycles. The molecule has 8 nitrogen and oxygen atoms in total. The van der Waals surface area contributed by atoms with Crippen LogP contribution < -0.4 is 10.9 Å². The second-order valence-electron chi connectivity index (χ2n) is 6.17. The second-order valence-corrected chi connectivity index (χ2v) is 9.17. The molecular formula is C18H17BrN4O4S2. The number of nitrogens with zero attached hydrogens (tertiary/aromatic N) is 3. The van der Waals surface area contributed by atoms with E-state index in [0.29, 0.717) is 32.1 Å². The number of nitro benzene ring substituents is 1. The minimum Gasteiger partial charge on any atom is -0.324 e. The van der Waals surface area contributed by atoms with E-state index in [-0.39, 0.29) is 22.9 Å². The molecule has 3 rings (SSSR count). The maximum absolute atomic E-state index is 12.8. The molecule has 0 atom stereocenters. The molecule has 1 N–H and O–H groups in total. The van der Waals surface area contributed by atoms with Crippen molar-refractivity contribution in [2.75, 3.05) is 11.1 Å². The van der Waals surface area contributed by atoms with Gasteiger partial charge in [-0.1, -0.05) is 11.8 Å². The minimum atomic E-state index is -0.508. The highest BCUT2D eigenvalue weighted by Gasteiger charge is 2.17. The number of nitrogens with one attached hydrogen (secondary N) is 1. The van der Waals surface area contributed by atoms with E-state index in [4.69, 9.17) is 0 Å². The normalized spacial score (nSPS) is 11.0. The highest BCUT2D eigenvalue weighted by molar-refractivity contribution is 9.10. The number of hydrogen-bond donors (Lipinski definition) is 1. The molecule has 0 aliphatic rings. The summed E-state index contributed by atoms with van der Waals surface area (Å²) in [5.74, 6) is -0.259. The predicted molar refractivity (Wildman–Crippen MR) is 119 cm³/mol. The first-order valence-corrected chi connectivity index (χ1v) is 11.2. The number of carbonyl (C=O) groups is 1. The number of non-ortho nitro benzene ring substituents is 1. The van der Waals surface area contributed by atoms with Gasteiger partial charge in [-0.3, -0.25) is 24.3 Å². The van der Waals surface area contributed by atoms with Crippen molar-refractivity contribution in [1.29, 1.82) is 0 Å². The summed E-state index contributed by atoms with van der Waals surface area (Å²) in [6.45, 7) is 6.19. The Morgan fingerprint density at radius 2 is 2.14 bits per heavy atom. The average molecular weight is 497 g/mol. The van der Waals surface area contributed by atoms with E-state index in [1.807, 2.05) is 20.8 Å². The fourth-order valence-electron chi connectivity index (χ4n) is 2.73. The standard InChI is InChI=1S/C18H17BrN4O4S2/c1-4-22-17(25)15-9(2)10(3)29-16(15)21-18(22)28-8-14(24)20-13-6-5-11(23(26)27)7-12(13)19/h5-7H,4,8H2,1-3H3,(H,20,24). The maximum atomic E-state index is 12.8. The van der Waals surface area contributed by atoms with Gasteiger partial charge in [0.1, 0.15) is 4.83 Å². The third kappa shape index (κ3) is 4.36. The number of carbonyl (C=O) groups excluding carboxylic acids is 1. The first-order valence-electron chi connectivity index (χ1n) is 8.60. The van der Waals surface area contributed by atoms with E-state index >= 15 is 0 Å². The summed E-state index contributed by atoms with van der Waals surface area (Å²) in [4.78, 5) is 41.8. The fraction of sp³-hybridized carbons (Fsp3) is 0.278. The minimum absolute atomic E-state index is 0.0463. The first-order chi connectivity index (χ1) is 13.7. The molecule has 0 spiro atoms. The van der Waals surface area contributed by atoms with Crippen LogP contribution in [0.5, 0.6) is 0 Å². The lowest BCUT2D eigenvalue weighted by molar-refractivity contribution is -0.384. The van der Waals surface area contributed by atoms with Gasteiger partial charge in [0.05, 0.1) is 21.7 Å². The molecule has 0 radical (unpaired) electrons. The molecule has 0 fully saturated rings. The second kappa shape index (κ2) is 8.64. The van der Waals surface area contributed by atoms with Crippen molar-refractivity contribution in [3.05, 3.63) is 53.6 Å². The van der Waals surface area contributed by atoms with Crippen molar-refractivity contribution >= 4 is 66.5 Å². The van der Waals surface area contributed by atoms with Crippen LogP contribution in [-0.4, -0.2) is 26.1 Å². The average Bonchev–Trinajstić information content (AvgIpc) is 2.95. The van der Waals surface area contributed by atoms with Crippen LogP contribution in [0.3, 0.4) is 0 Å².